The second kappa shape index (κ2) is 6.93. The van der Waals surface area contributed by atoms with Crippen molar-refractivity contribution in [1.82, 2.24) is 9.03 Å². The van der Waals surface area contributed by atoms with Crippen molar-refractivity contribution in [3.63, 3.8) is 0 Å². The van der Waals surface area contributed by atoms with Gasteiger partial charge in [-0.3, -0.25) is 0 Å². The molecule has 0 aromatic rings. The van der Waals surface area contributed by atoms with Crippen LogP contribution in [-0.4, -0.2) is 49.2 Å². The third kappa shape index (κ3) is 3.87. The van der Waals surface area contributed by atoms with Crippen molar-refractivity contribution in [2.45, 2.75) is 57.6 Å². The zero-order valence-electron chi connectivity index (χ0n) is 12.3. The average molecular weight is 320 g/mol. The van der Waals surface area contributed by atoms with Crippen LogP contribution in [0.5, 0.6) is 0 Å². The van der Waals surface area contributed by atoms with Gasteiger partial charge < -0.3 is 9.84 Å². The van der Waals surface area contributed by atoms with E-state index in [1.54, 1.807) is 6.92 Å². The third-order valence-corrected chi connectivity index (χ3v) is 5.82. The summed E-state index contributed by atoms with van der Waals surface area (Å²) >= 11 is 0. The Balaban J connectivity index is 2.08. The molecule has 0 aromatic heterocycles. The number of nitrogens with zero attached hydrogens (tertiary/aromatic N) is 1. The van der Waals surface area contributed by atoms with Gasteiger partial charge in [0.15, 0.2) is 0 Å². The smallest absolute Gasteiger partial charge is 0.421 e. The molecule has 3 atom stereocenters. The van der Waals surface area contributed by atoms with Gasteiger partial charge >= 0.3 is 16.3 Å². The third-order valence-electron chi connectivity index (χ3n) is 4.32. The summed E-state index contributed by atoms with van der Waals surface area (Å²) in [6, 6.07) is -0.229. The van der Waals surface area contributed by atoms with Crippen LogP contribution in [0, 0.1) is 5.92 Å². The number of hydrogen-bond donors (Lipinski definition) is 2. The number of carbonyl (C=O) groups excluding carboxylic acids is 1. The molecule has 2 rings (SSSR count). The molecule has 1 saturated heterocycles. The monoisotopic (exact) mass is 320 g/mol. The molecule has 21 heavy (non-hydrogen) atoms. The summed E-state index contributed by atoms with van der Waals surface area (Å²) < 4.78 is 32.5. The lowest BCUT2D eigenvalue weighted by Gasteiger charge is -2.36. The lowest BCUT2D eigenvalue weighted by atomic mass is 9.81. The number of aliphatic hydroxyl groups excluding tert-OH is 1. The highest BCUT2D eigenvalue weighted by Gasteiger charge is 2.42. The Morgan fingerprint density at radius 2 is 2.00 bits per heavy atom. The van der Waals surface area contributed by atoms with Crippen LogP contribution in [0.25, 0.3) is 0 Å². The molecule has 7 nitrogen and oxygen atoms in total. The van der Waals surface area contributed by atoms with Crippen molar-refractivity contribution in [1.29, 1.82) is 0 Å². The van der Waals surface area contributed by atoms with Crippen molar-refractivity contribution in [2.75, 3.05) is 13.2 Å². The Bertz CT molecular complexity index is 467. The number of ether oxygens (including phenoxy) is 1. The van der Waals surface area contributed by atoms with Gasteiger partial charge in [0.25, 0.3) is 0 Å². The Morgan fingerprint density at radius 3 is 2.67 bits per heavy atom. The lowest BCUT2D eigenvalue weighted by molar-refractivity contribution is 0.0384. The van der Waals surface area contributed by atoms with Crippen molar-refractivity contribution < 1.29 is 23.1 Å². The molecule has 2 fully saturated rings. The van der Waals surface area contributed by atoms with E-state index >= 15 is 0 Å². The van der Waals surface area contributed by atoms with Crippen LogP contribution in [-0.2, 0) is 14.9 Å². The zero-order chi connectivity index (χ0) is 15.5. The fourth-order valence-electron chi connectivity index (χ4n) is 3.41. The summed E-state index contributed by atoms with van der Waals surface area (Å²) in [5.41, 5.74) is 0. The van der Waals surface area contributed by atoms with E-state index in [2.05, 4.69) is 4.74 Å². The van der Waals surface area contributed by atoms with Gasteiger partial charge in [-0.2, -0.15) is 12.7 Å². The van der Waals surface area contributed by atoms with Gasteiger partial charge in [0.05, 0.1) is 12.7 Å². The fourth-order valence-corrected chi connectivity index (χ4v) is 4.78. The molecule has 0 spiro atoms. The highest BCUT2D eigenvalue weighted by molar-refractivity contribution is 7.87. The van der Waals surface area contributed by atoms with Crippen molar-refractivity contribution in [3.8, 4) is 0 Å². The SMILES string of the molecule is CCOC(=O)NS(=O)(=O)N1CCCC1C1CCCCC1O. The topological polar surface area (TPSA) is 95.9 Å². The minimum Gasteiger partial charge on any atom is -0.449 e. The van der Waals surface area contributed by atoms with Gasteiger partial charge in [0.2, 0.25) is 0 Å². The summed E-state index contributed by atoms with van der Waals surface area (Å²) in [6.45, 7) is 2.11. The molecule has 0 bridgehead atoms. The van der Waals surface area contributed by atoms with Gasteiger partial charge in [-0.05, 0) is 32.6 Å². The highest BCUT2D eigenvalue weighted by Crippen LogP contribution is 2.35. The first kappa shape index (κ1) is 16.5. The number of aliphatic hydroxyl groups is 1. The Labute approximate surface area is 125 Å². The minimum atomic E-state index is -3.91. The molecule has 2 N–H and O–H groups in total. The van der Waals surface area contributed by atoms with Crippen molar-refractivity contribution in [2.24, 2.45) is 5.92 Å². The number of hydrogen-bond acceptors (Lipinski definition) is 5. The molecule has 1 amide bonds. The van der Waals surface area contributed by atoms with Gasteiger partial charge in [0, 0.05) is 18.5 Å². The van der Waals surface area contributed by atoms with E-state index in [1.807, 2.05) is 4.72 Å². The zero-order valence-corrected chi connectivity index (χ0v) is 13.1. The predicted octanol–water partition coefficient (Wildman–Crippen LogP) is 0.993. The van der Waals surface area contributed by atoms with Crippen LogP contribution in [0.4, 0.5) is 4.79 Å². The van der Waals surface area contributed by atoms with E-state index < -0.39 is 22.4 Å². The van der Waals surface area contributed by atoms with Gasteiger partial charge in [-0.25, -0.2) is 9.52 Å². The normalized spacial score (nSPS) is 31.0. The molecule has 1 aliphatic carbocycles. The lowest BCUT2D eigenvalue weighted by Crippen LogP contribution is -2.50. The first-order valence-electron chi connectivity index (χ1n) is 7.60. The van der Waals surface area contributed by atoms with E-state index in [0.717, 1.165) is 38.5 Å². The van der Waals surface area contributed by atoms with E-state index in [1.165, 1.54) is 4.31 Å². The van der Waals surface area contributed by atoms with E-state index in [9.17, 15) is 18.3 Å². The molecule has 2 aliphatic rings. The van der Waals surface area contributed by atoms with E-state index in [0.29, 0.717) is 6.54 Å². The molecule has 122 valence electrons. The summed E-state index contributed by atoms with van der Waals surface area (Å²) in [5, 5.41) is 10.1. The van der Waals surface area contributed by atoms with E-state index in [4.69, 9.17) is 0 Å². The van der Waals surface area contributed by atoms with Crippen LogP contribution in [0.2, 0.25) is 0 Å². The number of carbonyl (C=O) groups is 1. The summed E-state index contributed by atoms with van der Waals surface area (Å²) in [7, 11) is -3.91. The summed E-state index contributed by atoms with van der Waals surface area (Å²) in [6.07, 6.45) is 3.62. The second-order valence-electron chi connectivity index (χ2n) is 5.66. The second-order valence-corrected chi connectivity index (χ2v) is 7.29. The molecule has 0 aromatic carbocycles. The van der Waals surface area contributed by atoms with Gasteiger partial charge in [-0.15, -0.1) is 0 Å². The van der Waals surface area contributed by atoms with Crippen LogP contribution in [0.15, 0.2) is 0 Å². The minimum absolute atomic E-state index is 0.0416. The van der Waals surface area contributed by atoms with Crippen LogP contribution in [0.3, 0.4) is 0 Å². The molecular formula is C13H24N2O5S. The number of rotatable bonds is 4. The van der Waals surface area contributed by atoms with Crippen LogP contribution in [0.1, 0.15) is 45.4 Å². The molecule has 3 unspecified atom stereocenters. The molecule has 1 heterocycles. The summed E-state index contributed by atoms with van der Waals surface area (Å²) in [5.74, 6) is -0.0416. The van der Waals surface area contributed by atoms with Crippen molar-refractivity contribution >= 4 is 16.3 Å². The summed E-state index contributed by atoms with van der Waals surface area (Å²) in [4.78, 5) is 11.4. The molecule has 1 aliphatic heterocycles. The molecule has 1 saturated carbocycles. The Morgan fingerprint density at radius 1 is 1.29 bits per heavy atom. The predicted molar refractivity (Wildman–Crippen MR) is 76.8 cm³/mol. The first-order chi connectivity index (χ1) is 9.95. The Kier molecular flexibility index (Phi) is 5.45. The van der Waals surface area contributed by atoms with E-state index in [-0.39, 0.29) is 18.6 Å². The largest absolute Gasteiger partial charge is 0.449 e. The molecular weight excluding hydrogens is 296 g/mol. The average Bonchev–Trinajstić information content (AvgIpc) is 2.88. The number of nitrogens with one attached hydrogen (secondary N) is 1. The van der Waals surface area contributed by atoms with Crippen molar-refractivity contribution in [3.05, 3.63) is 0 Å². The van der Waals surface area contributed by atoms with Crippen LogP contribution >= 0.6 is 0 Å². The maximum absolute atomic E-state index is 12.3. The van der Waals surface area contributed by atoms with Gasteiger partial charge in [0.1, 0.15) is 0 Å². The number of amides is 1. The maximum Gasteiger partial charge on any atom is 0.421 e. The van der Waals surface area contributed by atoms with Crippen LogP contribution < -0.4 is 4.72 Å². The standard InChI is InChI=1S/C13H24N2O5S/c1-2-20-13(17)14-21(18,19)15-9-5-7-11(15)10-6-3-4-8-12(10)16/h10-12,16H,2-9H2,1H3,(H,14,17). The molecule has 0 radical (unpaired) electrons. The Hall–Kier alpha value is -0.860. The highest BCUT2D eigenvalue weighted by atomic mass is 32.2. The van der Waals surface area contributed by atoms with Gasteiger partial charge in [-0.1, -0.05) is 12.8 Å². The quantitative estimate of drug-likeness (QED) is 0.805. The fraction of sp³-hybridized carbons (Fsp3) is 0.923. The first-order valence-corrected chi connectivity index (χ1v) is 9.04. The molecule has 8 heteroatoms. The maximum atomic E-state index is 12.3.